The molecular formula is C10H21NO. The molecule has 1 atom stereocenters. The van der Waals surface area contributed by atoms with Gasteiger partial charge in [0.25, 0.3) is 0 Å². The maximum atomic E-state index is 9.98. The van der Waals surface area contributed by atoms with Gasteiger partial charge in [-0.3, -0.25) is 4.90 Å². The highest BCUT2D eigenvalue weighted by Gasteiger charge is 2.43. The number of aliphatic hydroxyl groups excluding tert-OH is 1. The number of nitrogens with zero attached hydrogens (tertiary/aromatic N) is 1. The van der Waals surface area contributed by atoms with Gasteiger partial charge in [0.1, 0.15) is 6.23 Å². The third-order valence-electron chi connectivity index (χ3n) is 2.85. The third kappa shape index (κ3) is 1.64. The fraction of sp³-hybridized carbons (Fsp3) is 1.00. The summed E-state index contributed by atoms with van der Waals surface area (Å²) in [5.41, 5.74) is 0.153. The summed E-state index contributed by atoms with van der Waals surface area (Å²) in [7, 11) is 0. The third-order valence-corrected chi connectivity index (χ3v) is 2.85. The molecule has 0 aliphatic carbocycles. The normalized spacial score (nSPS) is 31.0. The molecule has 0 aromatic heterocycles. The maximum absolute atomic E-state index is 9.98. The second-order valence-corrected chi connectivity index (χ2v) is 5.48. The zero-order chi connectivity index (χ0) is 9.57. The van der Waals surface area contributed by atoms with Crippen LogP contribution in [-0.4, -0.2) is 28.3 Å². The summed E-state index contributed by atoms with van der Waals surface area (Å²) in [5, 5.41) is 9.98. The molecular weight excluding hydrogens is 150 g/mol. The minimum atomic E-state index is -0.280. The maximum Gasteiger partial charge on any atom is 0.113 e. The Kier molecular flexibility index (Phi) is 2.26. The summed E-state index contributed by atoms with van der Waals surface area (Å²) in [6.07, 6.45) is 0.809. The van der Waals surface area contributed by atoms with Gasteiger partial charge in [-0.15, -0.1) is 0 Å². The van der Waals surface area contributed by atoms with Crippen molar-refractivity contribution in [1.29, 1.82) is 0 Å². The molecule has 1 unspecified atom stereocenters. The van der Waals surface area contributed by atoms with Crippen molar-refractivity contribution in [2.75, 3.05) is 6.54 Å². The van der Waals surface area contributed by atoms with E-state index >= 15 is 0 Å². The van der Waals surface area contributed by atoms with Gasteiger partial charge in [-0.05, 0) is 27.2 Å². The second kappa shape index (κ2) is 2.71. The van der Waals surface area contributed by atoms with Gasteiger partial charge >= 0.3 is 0 Å². The molecule has 2 heteroatoms. The van der Waals surface area contributed by atoms with E-state index in [0.29, 0.717) is 0 Å². The molecule has 0 saturated carbocycles. The van der Waals surface area contributed by atoms with Crippen molar-refractivity contribution < 1.29 is 5.11 Å². The Morgan fingerprint density at radius 3 is 2.00 bits per heavy atom. The molecule has 1 N–H and O–H groups in total. The zero-order valence-corrected chi connectivity index (χ0v) is 8.89. The van der Waals surface area contributed by atoms with Gasteiger partial charge in [-0.2, -0.15) is 0 Å². The summed E-state index contributed by atoms with van der Waals surface area (Å²) in [6.45, 7) is 11.7. The second-order valence-electron chi connectivity index (χ2n) is 5.48. The van der Waals surface area contributed by atoms with Crippen LogP contribution in [0, 0.1) is 5.41 Å². The molecule has 12 heavy (non-hydrogen) atoms. The number of rotatable bonds is 0. The lowest BCUT2D eigenvalue weighted by Gasteiger charge is -2.37. The molecule has 0 bridgehead atoms. The number of hydrogen-bond acceptors (Lipinski definition) is 2. The van der Waals surface area contributed by atoms with E-state index in [-0.39, 0.29) is 17.2 Å². The van der Waals surface area contributed by atoms with Crippen LogP contribution in [-0.2, 0) is 0 Å². The van der Waals surface area contributed by atoms with Crippen molar-refractivity contribution in [3.8, 4) is 0 Å². The van der Waals surface area contributed by atoms with Gasteiger partial charge in [-0.25, -0.2) is 0 Å². The lowest BCUT2D eigenvalue weighted by molar-refractivity contribution is -0.0655. The molecule has 0 aromatic rings. The van der Waals surface area contributed by atoms with Gasteiger partial charge in [0.2, 0.25) is 0 Å². The lowest BCUT2D eigenvalue weighted by atomic mass is 9.90. The molecule has 1 heterocycles. The van der Waals surface area contributed by atoms with Gasteiger partial charge in [-0.1, -0.05) is 13.8 Å². The minimum absolute atomic E-state index is 0.0628. The Labute approximate surface area is 75.6 Å². The molecule has 0 amide bonds. The molecule has 1 aliphatic heterocycles. The Hall–Kier alpha value is -0.0800. The first kappa shape index (κ1) is 10.0. The Balaban J connectivity index is 2.74. The SMILES string of the molecule is CC1(C)CCN(C(C)(C)C)C1O. The molecule has 2 nitrogen and oxygen atoms in total. The first-order valence-electron chi connectivity index (χ1n) is 4.70. The predicted octanol–water partition coefficient (Wildman–Crippen LogP) is 1.84. The standard InChI is InChI=1S/C10H21NO/c1-9(2,3)11-7-6-10(4,5)8(11)12/h8,12H,6-7H2,1-5H3. The van der Waals surface area contributed by atoms with Crippen molar-refractivity contribution >= 4 is 0 Å². The van der Waals surface area contributed by atoms with Crippen LogP contribution >= 0.6 is 0 Å². The van der Waals surface area contributed by atoms with E-state index in [1.54, 1.807) is 0 Å². The first-order chi connectivity index (χ1) is 5.25. The Bertz CT molecular complexity index is 169. The minimum Gasteiger partial charge on any atom is -0.378 e. The fourth-order valence-electron chi connectivity index (χ4n) is 1.78. The molecule has 1 rings (SSSR count). The topological polar surface area (TPSA) is 23.5 Å². The fourth-order valence-corrected chi connectivity index (χ4v) is 1.78. The lowest BCUT2D eigenvalue weighted by Crippen LogP contribution is -2.47. The predicted molar refractivity (Wildman–Crippen MR) is 50.9 cm³/mol. The van der Waals surface area contributed by atoms with Crippen LogP contribution in [0.4, 0.5) is 0 Å². The zero-order valence-electron chi connectivity index (χ0n) is 8.89. The number of aliphatic hydroxyl groups is 1. The monoisotopic (exact) mass is 171 g/mol. The smallest absolute Gasteiger partial charge is 0.113 e. The van der Waals surface area contributed by atoms with E-state index in [1.165, 1.54) is 0 Å². The first-order valence-corrected chi connectivity index (χ1v) is 4.70. The molecule has 72 valence electrons. The van der Waals surface area contributed by atoms with E-state index in [9.17, 15) is 5.11 Å². The quantitative estimate of drug-likeness (QED) is 0.601. The molecule has 0 spiro atoms. The van der Waals surface area contributed by atoms with Crippen LogP contribution in [0.15, 0.2) is 0 Å². The highest BCUT2D eigenvalue weighted by atomic mass is 16.3. The van der Waals surface area contributed by atoms with Crippen molar-refractivity contribution in [3.63, 3.8) is 0 Å². The van der Waals surface area contributed by atoms with Crippen LogP contribution in [0.5, 0.6) is 0 Å². The van der Waals surface area contributed by atoms with Crippen molar-refractivity contribution in [2.45, 2.75) is 52.8 Å². The summed E-state index contributed by atoms with van der Waals surface area (Å²) in [6, 6.07) is 0. The molecule has 1 aliphatic rings. The van der Waals surface area contributed by atoms with Gasteiger partial charge in [0.05, 0.1) is 0 Å². The Morgan fingerprint density at radius 1 is 1.33 bits per heavy atom. The summed E-state index contributed by atoms with van der Waals surface area (Å²) >= 11 is 0. The molecule has 1 fully saturated rings. The average Bonchev–Trinajstić information content (AvgIpc) is 2.06. The van der Waals surface area contributed by atoms with Crippen molar-refractivity contribution in [3.05, 3.63) is 0 Å². The van der Waals surface area contributed by atoms with Crippen LogP contribution in [0.3, 0.4) is 0 Å². The van der Waals surface area contributed by atoms with Crippen molar-refractivity contribution in [1.82, 2.24) is 4.90 Å². The Morgan fingerprint density at radius 2 is 1.83 bits per heavy atom. The highest BCUT2D eigenvalue weighted by molar-refractivity contribution is 4.92. The average molecular weight is 171 g/mol. The number of hydrogen-bond donors (Lipinski definition) is 1. The molecule has 1 saturated heterocycles. The van der Waals surface area contributed by atoms with Crippen molar-refractivity contribution in [2.24, 2.45) is 5.41 Å². The largest absolute Gasteiger partial charge is 0.378 e. The van der Waals surface area contributed by atoms with E-state index < -0.39 is 0 Å². The van der Waals surface area contributed by atoms with E-state index in [4.69, 9.17) is 0 Å². The highest BCUT2D eigenvalue weighted by Crippen LogP contribution is 2.38. The number of likely N-dealkylation sites (tertiary alicyclic amines) is 1. The van der Waals surface area contributed by atoms with Crippen LogP contribution in [0.25, 0.3) is 0 Å². The summed E-state index contributed by atoms with van der Waals surface area (Å²) < 4.78 is 0. The van der Waals surface area contributed by atoms with E-state index in [2.05, 4.69) is 39.5 Å². The van der Waals surface area contributed by atoms with Crippen LogP contribution in [0.2, 0.25) is 0 Å². The van der Waals surface area contributed by atoms with Gasteiger partial charge in [0.15, 0.2) is 0 Å². The van der Waals surface area contributed by atoms with Crippen LogP contribution in [0.1, 0.15) is 41.0 Å². The van der Waals surface area contributed by atoms with E-state index in [0.717, 1.165) is 13.0 Å². The van der Waals surface area contributed by atoms with Gasteiger partial charge < -0.3 is 5.11 Å². The van der Waals surface area contributed by atoms with E-state index in [1.807, 2.05) is 0 Å². The summed E-state index contributed by atoms with van der Waals surface area (Å²) in [5.74, 6) is 0. The summed E-state index contributed by atoms with van der Waals surface area (Å²) in [4.78, 5) is 2.17. The molecule has 0 aromatic carbocycles. The van der Waals surface area contributed by atoms with Gasteiger partial charge in [0, 0.05) is 17.5 Å². The van der Waals surface area contributed by atoms with Crippen LogP contribution < -0.4 is 0 Å². The molecule has 0 radical (unpaired) electrons.